The lowest BCUT2D eigenvalue weighted by Gasteiger charge is -2.17. The molecule has 0 spiro atoms. The molecule has 0 N–H and O–H groups in total. The Morgan fingerprint density at radius 1 is 0.950 bits per heavy atom. The second-order valence-electron chi connectivity index (χ2n) is 4.00. The van der Waals surface area contributed by atoms with Crippen LogP contribution in [-0.4, -0.2) is 0 Å². The monoisotopic (exact) mass is 298 g/mol. The van der Waals surface area contributed by atoms with Gasteiger partial charge in [-0.3, -0.25) is 0 Å². The van der Waals surface area contributed by atoms with Gasteiger partial charge in [0.1, 0.15) is 0 Å². The largest absolute Gasteiger partial charge is 0.360 e. The first-order valence-corrected chi connectivity index (χ1v) is 7.14. The molecule has 2 aromatic rings. The summed E-state index contributed by atoms with van der Waals surface area (Å²) in [6.45, 7) is 4.19. The Balaban J connectivity index is 0.000000347. The molecule has 0 fully saturated rings. The Hall–Kier alpha value is -1.50. The lowest BCUT2D eigenvalue weighted by molar-refractivity contribution is -2.00. The minimum atomic E-state index is -4.94. The summed E-state index contributed by atoms with van der Waals surface area (Å²) in [5.41, 5.74) is 2.35. The molecule has 108 valence electrons. The molecule has 1 heterocycles. The highest BCUT2D eigenvalue weighted by molar-refractivity contribution is 5.56. The van der Waals surface area contributed by atoms with Gasteiger partial charge in [0.25, 0.3) is 0 Å². The van der Waals surface area contributed by atoms with E-state index in [0.717, 1.165) is 23.5 Å². The van der Waals surface area contributed by atoms with Crippen LogP contribution in [0.3, 0.4) is 0 Å². The molecule has 5 nitrogen and oxygen atoms in total. The first-order chi connectivity index (χ1) is 9.31. The number of halogens is 1. The van der Waals surface area contributed by atoms with Crippen molar-refractivity contribution in [2.45, 2.75) is 20.3 Å². The standard InChI is InChI=1S/C14H15O.ClHO4/c1-3-13-11(2)9-10-14(15-13)12-7-5-4-6-8-12;2-1(3,4)5/h4-10H,3H2,1-2H3;(H,2,3,4,5)/q+1;/p-1. The molecule has 0 aliphatic heterocycles. The number of rotatable bonds is 2. The van der Waals surface area contributed by atoms with Crippen molar-refractivity contribution in [3.8, 4) is 11.3 Å². The zero-order valence-corrected chi connectivity index (χ0v) is 11.9. The predicted molar refractivity (Wildman–Crippen MR) is 62.7 cm³/mol. The normalized spacial score (nSPS) is 10.7. The minimum absolute atomic E-state index is 0.937. The van der Waals surface area contributed by atoms with E-state index >= 15 is 0 Å². The third kappa shape index (κ3) is 6.10. The molecule has 0 amide bonds. The topological polar surface area (TPSA) is 104 Å². The lowest BCUT2D eigenvalue weighted by atomic mass is 10.1. The summed E-state index contributed by atoms with van der Waals surface area (Å²) < 4.78 is 39.8. The van der Waals surface area contributed by atoms with E-state index in [-0.39, 0.29) is 0 Å². The summed E-state index contributed by atoms with van der Waals surface area (Å²) in [6.07, 6.45) is 0.937. The van der Waals surface area contributed by atoms with Gasteiger partial charge in [0.05, 0.1) is 12.0 Å². The zero-order valence-electron chi connectivity index (χ0n) is 11.2. The van der Waals surface area contributed by atoms with Crippen LogP contribution in [0.25, 0.3) is 11.3 Å². The molecule has 0 bridgehead atoms. The van der Waals surface area contributed by atoms with Crippen LogP contribution in [0.5, 0.6) is 0 Å². The van der Waals surface area contributed by atoms with Gasteiger partial charge in [-0.15, -0.1) is 10.2 Å². The fraction of sp³-hybridized carbons (Fsp3) is 0.214. The molecule has 0 aliphatic carbocycles. The molecule has 2 rings (SSSR count). The van der Waals surface area contributed by atoms with E-state index in [4.69, 9.17) is 23.1 Å². The van der Waals surface area contributed by atoms with E-state index in [1.165, 1.54) is 5.56 Å². The summed E-state index contributed by atoms with van der Waals surface area (Å²) >= 11 is 0. The van der Waals surface area contributed by atoms with Gasteiger partial charge in [0, 0.05) is 11.6 Å². The van der Waals surface area contributed by atoms with Crippen molar-refractivity contribution in [1.82, 2.24) is 0 Å². The smallest absolute Gasteiger partial charge is 0.222 e. The van der Waals surface area contributed by atoms with Crippen molar-refractivity contribution >= 4 is 0 Å². The van der Waals surface area contributed by atoms with Gasteiger partial charge in [-0.05, 0) is 25.1 Å². The van der Waals surface area contributed by atoms with E-state index in [1.54, 1.807) is 0 Å². The van der Waals surface area contributed by atoms with Gasteiger partial charge in [0.15, 0.2) is 0 Å². The van der Waals surface area contributed by atoms with E-state index in [2.05, 4.69) is 32.0 Å². The maximum Gasteiger partial charge on any atom is 0.360 e. The molecule has 6 heteroatoms. The Bertz CT molecular complexity index is 531. The van der Waals surface area contributed by atoms with Crippen LogP contribution in [0.2, 0.25) is 0 Å². The summed E-state index contributed by atoms with van der Waals surface area (Å²) in [5, 5.41) is 0. The number of hydrogen-bond donors (Lipinski definition) is 0. The Morgan fingerprint density at radius 2 is 1.50 bits per heavy atom. The van der Waals surface area contributed by atoms with Gasteiger partial charge in [-0.1, -0.05) is 25.1 Å². The molecule has 0 unspecified atom stereocenters. The second kappa shape index (κ2) is 7.33. The summed E-state index contributed by atoms with van der Waals surface area (Å²) in [7, 11) is -4.94. The predicted octanol–water partition coefficient (Wildman–Crippen LogP) is -0.657. The number of benzene rings is 1. The van der Waals surface area contributed by atoms with Gasteiger partial charge < -0.3 is 0 Å². The van der Waals surface area contributed by atoms with E-state index in [0.29, 0.717) is 0 Å². The number of aryl methyl sites for hydroxylation is 2. The molecular formula is C14H15ClO5. The fourth-order valence-electron chi connectivity index (χ4n) is 1.65. The molecule has 0 atom stereocenters. The van der Waals surface area contributed by atoms with Crippen LogP contribution in [0.15, 0.2) is 46.9 Å². The van der Waals surface area contributed by atoms with Crippen molar-refractivity contribution in [3.63, 3.8) is 0 Å². The summed E-state index contributed by atoms with van der Waals surface area (Å²) in [6, 6.07) is 14.3. The molecule has 0 aliphatic rings. The van der Waals surface area contributed by atoms with Crippen molar-refractivity contribution in [1.29, 1.82) is 0 Å². The quantitative estimate of drug-likeness (QED) is 0.685. The van der Waals surface area contributed by atoms with E-state index in [1.807, 2.05) is 24.3 Å². The van der Waals surface area contributed by atoms with Crippen LogP contribution >= 0.6 is 0 Å². The first kappa shape index (κ1) is 16.6. The maximum absolute atomic E-state index is 8.49. The van der Waals surface area contributed by atoms with E-state index < -0.39 is 10.2 Å². The van der Waals surface area contributed by atoms with Crippen molar-refractivity contribution in [2.24, 2.45) is 0 Å². The zero-order chi connectivity index (χ0) is 15.2. The van der Waals surface area contributed by atoms with Crippen LogP contribution in [0.4, 0.5) is 0 Å². The van der Waals surface area contributed by atoms with E-state index in [9.17, 15) is 0 Å². The Morgan fingerprint density at radius 3 is 2.00 bits per heavy atom. The minimum Gasteiger partial charge on any atom is -0.222 e. The first-order valence-electron chi connectivity index (χ1n) is 5.91. The third-order valence-corrected chi connectivity index (χ3v) is 2.54. The van der Waals surface area contributed by atoms with Crippen molar-refractivity contribution in [3.05, 3.63) is 53.8 Å². The van der Waals surface area contributed by atoms with Crippen molar-refractivity contribution in [2.75, 3.05) is 0 Å². The average molecular weight is 299 g/mol. The maximum atomic E-state index is 8.49. The van der Waals surface area contributed by atoms with Crippen LogP contribution < -0.4 is 18.6 Å². The van der Waals surface area contributed by atoms with Gasteiger partial charge in [-0.25, -0.2) is 23.1 Å². The molecule has 0 saturated carbocycles. The SMILES string of the molecule is CCc1[o+]c(-c2ccccc2)ccc1C.[O-][Cl+3]([O-])([O-])[O-]. The third-order valence-electron chi connectivity index (χ3n) is 2.54. The highest BCUT2D eigenvalue weighted by atomic mass is 35.7. The summed E-state index contributed by atoms with van der Waals surface area (Å²) in [5.74, 6) is 2.01. The van der Waals surface area contributed by atoms with Crippen LogP contribution in [0, 0.1) is 17.2 Å². The molecule has 0 saturated heterocycles. The fourth-order valence-corrected chi connectivity index (χ4v) is 1.65. The Kier molecular flexibility index (Phi) is 6.06. The van der Waals surface area contributed by atoms with Gasteiger partial charge in [0.2, 0.25) is 0 Å². The molecule has 1 aromatic carbocycles. The second-order valence-corrected chi connectivity index (χ2v) is 4.76. The average Bonchev–Trinajstić information content (AvgIpc) is 2.38. The van der Waals surface area contributed by atoms with Crippen LogP contribution in [-0.2, 0) is 6.42 Å². The highest BCUT2D eigenvalue weighted by Crippen LogP contribution is 2.22. The Labute approximate surface area is 119 Å². The van der Waals surface area contributed by atoms with Crippen LogP contribution in [0.1, 0.15) is 18.2 Å². The molecular weight excluding hydrogens is 284 g/mol. The number of hydrogen-bond acceptors (Lipinski definition) is 4. The molecule has 20 heavy (non-hydrogen) atoms. The molecule has 0 radical (unpaired) electrons. The highest BCUT2D eigenvalue weighted by Gasteiger charge is 2.15. The van der Waals surface area contributed by atoms with Gasteiger partial charge >= 0.3 is 11.5 Å². The van der Waals surface area contributed by atoms with Crippen molar-refractivity contribution < 1.29 is 33.3 Å². The summed E-state index contributed by atoms with van der Waals surface area (Å²) in [4.78, 5) is 0. The lowest BCUT2D eigenvalue weighted by Crippen LogP contribution is -2.68. The molecule has 1 aromatic heterocycles. The van der Waals surface area contributed by atoms with Gasteiger partial charge in [-0.2, -0.15) is 0 Å².